The van der Waals surface area contributed by atoms with Gasteiger partial charge in [0, 0.05) is 18.3 Å². The Morgan fingerprint density at radius 2 is 2.33 bits per heavy atom. The van der Waals surface area contributed by atoms with E-state index in [2.05, 4.69) is 36.8 Å². The predicted molar refractivity (Wildman–Crippen MR) is 66.2 cm³/mol. The molecule has 0 spiro atoms. The van der Waals surface area contributed by atoms with E-state index in [1.54, 1.807) is 4.90 Å². The van der Waals surface area contributed by atoms with Crippen LogP contribution in [0.5, 0.6) is 0 Å². The number of carbonyl (C=O) groups is 1. The third kappa shape index (κ3) is 2.39. The van der Waals surface area contributed by atoms with Crippen molar-refractivity contribution >= 4 is 43.6 Å². The lowest BCUT2D eigenvalue weighted by atomic mass is 10.2. The van der Waals surface area contributed by atoms with Crippen molar-refractivity contribution in [2.75, 3.05) is 16.8 Å². The molecule has 1 saturated heterocycles. The maximum atomic E-state index is 11.7. The molecule has 2 rings (SSSR count). The molecule has 1 unspecified atom stereocenters. The van der Waals surface area contributed by atoms with Gasteiger partial charge in [0.25, 0.3) is 0 Å². The second-order valence-electron chi connectivity index (χ2n) is 3.55. The first-order valence-electron chi connectivity index (χ1n) is 4.69. The minimum Gasteiger partial charge on any atom is -0.296 e. The molecule has 0 saturated carbocycles. The molecule has 80 valence electrons. The molecule has 15 heavy (non-hydrogen) atoms. The van der Waals surface area contributed by atoms with Crippen LogP contribution in [0.3, 0.4) is 0 Å². The Hall–Kier alpha value is -0.420. The lowest BCUT2D eigenvalue weighted by Gasteiger charge is -2.15. The molecule has 0 aliphatic carbocycles. The Balaban J connectivity index is 2.21. The average molecular weight is 334 g/mol. The predicted octanol–water partition coefficient (Wildman–Crippen LogP) is 2.59. The van der Waals surface area contributed by atoms with E-state index in [-0.39, 0.29) is 5.91 Å². The van der Waals surface area contributed by atoms with Gasteiger partial charge >= 0.3 is 0 Å². The van der Waals surface area contributed by atoms with Gasteiger partial charge in [-0.3, -0.25) is 9.69 Å². The number of pyridine rings is 1. The van der Waals surface area contributed by atoms with Gasteiger partial charge < -0.3 is 0 Å². The van der Waals surface area contributed by atoms with Crippen LogP contribution in [0.4, 0.5) is 5.82 Å². The first kappa shape index (κ1) is 11.1. The summed E-state index contributed by atoms with van der Waals surface area (Å²) >= 11 is 6.71. The summed E-state index contributed by atoms with van der Waals surface area (Å²) < 4.78 is 0.759. The molecular formula is C10H10Br2N2O. The van der Waals surface area contributed by atoms with E-state index in [9.17, 15) is 4.79 Å². The van der Waals surface area contributed by atoms with Crippen molar-refractivity contribution in [1.82, 2.24) is 4.98 Å². The monoisotopic (exact) mass is 332 g/mol. The molecule has 1 amide bonds. The number of amides is 1. The minimum absolute atomic E-state index is 0.157. The standard InChI is InChI=1S/C10H10Br2N2O/c11-5-7-4-10(15)14(6-7)9-3-1-2-8(12)13-9/h1-3,7H,4-6H2. The second kappa shape index (κ2) is 4.61. The molecule has 1 aliphatic heterocycles. The number of carbonyl (C=O) groups excluding carboxylic acids is 1. The van der Waals surface area contributed by atoms with Crippen molar-refractivity contribution in [2.24, 2.45) is 5.92 Å². The van der Waals surface area contributed by atoms with Gasteiger partial charge in [-0.1, -0.05) is 22.0 Å². The summed E-state index contributed by atoms with van der Waals surface area (Å²) in [7, 11) is 0. The van der Waals surface area contributed by atoms with Gasteiger partial charge in [0.2, 0.25) is 5.91 Å². The summed E-state index contributed by atoms with van der Waals surface area (Å²) in [4.78, 5) is 17.7. The Kier molecular flexibility index (Phi) is 3.41. The van der Waals surface area contributed by atoms with Crippen molar-refractivity contribution < 1.29 is 4.79 Å². The Bertz CT molecular complexity index is 383. The summed E-state index contributed by atoms with van der Waals surface area (Å²) in [6.07, 6.45) is 0.611. The van der Waals surface area contributed by atoms with Crippen LogP contribution in [-0.4, -0.2) is 22.8 Å². The number of halogens is 2. The summed E-state index contributed by atoms with van der Waals surface area (Å²) in [5.74, 6) is 1.29. The Labute approximate surface area is 105 Å². The van der Waals surface area contributed by atoms with Gasteiger partial charge in [0.05, 0.1) is 0 Å². The normalized spacial score (nSPS) is 21.1. The number of aromatic nitrogens is 1. The number of anilines is 1. The van der Waals surface area contributed by atoms with Gasteiger partial charge in [-0.25, -0.2) is 4.98 Å². The molecular weight excluding hydrogens is 324 g/mol. The lowest BCUT2D eigenvalue weighted by Crippen LogP contribution is -2.25. The Morgan fingerprint density at radius 3 is 2.93 bits per heavy atom. The van der Waals surface area contributed by atoms with Crippen LogP contribution in [0.1, 0.15) is 6.42 Å². The molecule has 1 atom stereocenters. The van der Waals surface area contributed by atoms with E-state index >= 15 is 0 Å². The zero-order valence-electron chi connectivity index (χ0n) is 7.99. The second-order valence-corrected chi connectivity index (χ2v) is 5.01. The topological polar surface area (TPSA) is 33.2 Å². The molecule has 1 aromatic heterocycles. The third-order valence-corrected chi connectivity index (χ3v) is 3.76. The quantitative estimate of drug-likeness (QED) is 0.615. The SMILES string of the molecule is O=C1CC(CBr)CN1c1cccc(Br)n1. The fraction of sp³-hybridized carbons (Fsp3) is 0.400. The maximum Gasteiger partial charge on any atom is 0.228 e. The maximum absolute atomic E-state index is 11.7. The minimum atomic E-state index is 0.157. The van der Waals surface area contributed by atoms with Crippen LogP contribution in [0.25, 0.3) is 0 Å². The molecule has 3 nitrogen and oxygen atoms in total. The summed E-state index contributed by atoms with van der Waals surface area (Å²) in [5, 5.41) is 0.864. The average Bonchev–Trinajstić information content (AvgIpc) is 2.60. The molecule has 0 aromatic carbocycles. The van der Waals surface area contributed by atoms with Crippen LogP contribution >= 0.6 is 31.9 Å². The van der Waals surface area contributed by atoms with Crippen molar-refractivity contribution in [3.05, 3.63) is 22.8 Å². The van der Waals surface area contributed by atoms with E-state index in [0.717, 1.165) is 22.3 Å². The van der Waals surface area contributed by atoms with Crippen LogP contribution in [-0.2, 0) is 4.79 Å². The van der Waals surface area contributed by atoms with E-state index in [0.29, 0.717) is 12.3 Å². The van der Waals surface area contributed by atoms with E-state index < -0.39 is 0 Å². The van der Waals surface area contributed by atoms with Crippen molar-refractivity contribution in [1.29, 1.82) is 0 Å². The smallest absolute Gasteiger partial charge is 0.228 e. The number of rotatable bonds is 2. The molecule has 0 N–H and O–H groups in total. The van der Waals surface area contributed by atoms with Crippen LogP contribution < -0.4 is 4.90 Å². The van der Waals surface area contributed by atoms with Crippen LogP contribution in [0, 0.1) is 5.92 Å². The largest absolute Gasteiger partial charge is 0.296 e. The van der Waals surface area contributed by atoms with Gasteiger partial charge in [0.1, 0.15) is 10.4 Å². The fourth-order valence-electron chi connectivity index (χ4n) is 1.65. The van der Waals surface area contributed by atoms with Crippen molar-refractivity contribution in [3.63, 3.8) is 0 Å². The lowest BCUT2D eigenvalue weighted by molar-refractivity contribution is -0.117. The number of hydrogen-bond acceptors (Lipinski definition) is 2. The molecule has 1 aliphatic rings. The van der Waals surface area contributed by atoms with Gasteiger partial charge in [0.15, 0.2) is 0 Å². The van der Waals surface area contributed by atoms with E-state index in [1.807, 2.05) is 18.2 Å². The van der Waals surface area contributed by atoms with E-state index in [1.165, 1.54) is 0 Å². The highest BCUT2D eigenvalue weighted by atomic mass is 79.9. The van der Waals surface area contributed by atoms with E-state index in [4.69, 9.17) is 0 Å². The fourth-order valence-corrected chi connectivity index (χ4v) is 2.42. The number of hydrogen-bond donors (Lipinski definition) is 0. The first-order valence-corrected chi connectivity index (χ1v) is 6.61. The number of nitrogens with zero attached hydrogens (tertiary/aromatic N) is 2. The van der Waals surface area contributed by atoms with Gasteiger partial charge in [-0.15, -0.1) is 0 Å². The highest BCUT2D eigenvalue weighted by molar-refractivity contribution is 9.10. The first-order chi connectivity index (χ1) is 7.20. The number of alkyl halides is 1. The summed E-state index contributed by atoms with van der Waals surface area (Å²) in [5.41, 5.74) is 0. The molecule has 2 heterocycles. The van der Waals surface area contributed by atoms with Crippen LogP contribution in [0.2, 0.25) is 0 Å². The van der Waals surface area contributed by atoms with Crippen LogP contribution in [0.15, 0.2) is 22.8 Å². The highest BCUT2D eigenvalue weighted by Crippen LogP contribution is 2.25. The molecule has 0 bridgehead atoms. The summed E-state index contributed by atoms with van der Waals surface area (Å²) in [6.45, 7) is 0.757. The molecule has 1 fully saturated rings. The van der Waals surface area contributed by atoms with Crippen molar-refractivity contribution in [3.8, 4) is 0 Å². The molecule has 5 heteroatoms. The molecule has 1 aromatic rings. The Morgan fingerprint density at radius 1 is 1.53 bits per heavy atom. The zero-order chi connectivity index (χ0) is 10.8. The van der Waals surface area contributed by atoms with Crippen molar-refractivity contribution in [2.45, 2.75) is 6.42 Å². The molecule has 0 radical (unpaired) electrons. The zero-order valence-corrected chi connectivity index (χ0v) is 11.2. The highest BCUT2D eigenvalue weighted by Gasteiger charge is 2.30. The summed E-state index contributed by atoms with van der Waals surface area (Å²) in [6, 6.07) is 5.60. The van der Waals surface area contributed by atoms with Gasteiger partial charge in [-0.2, -0.15) is 0 Å². The van der Waals surface area contributed by atoms with Gasteiger partial charge in [-0.05, 0) is 34.0 Å². The third-order valence-electron chi connectivity index (χ3n) is 2.40.